The number of hydrogen-bond donors (Lipinski definition) is 2. The molecule has 1 heterocycles. The summed E-state index contributed by atoms with van der Waals surface area (Å²) in [4.78, 5) is 26.1. The minimum atomic E-state index is -0.322. The lowest BCUT2D eigenvalue weighted by atomic mass is 10.2. The molecule has 0 bridgehead atoms. The van der Waals surface area contributed by atoms with Gasteiger partial charge in [0, 0.05) is 19.1 Å². The van der Waals surface area contributed by atoms with Crippen LogP contribution in [0.25, 0.3) is 0 Å². The maximum atomic E-state index is 12.2. The van der Waals surface area contributed by atoms with Crippen LogP contribution in [0.1, 0.15) is 52.4 Å². The van der Waals surface area contributed by atoms with E-state index < -0.39 is 0 Å². The van der Waals surface area contributed by atoms with E-state index in [-0.39, 0.29) is 23.9 Å². The summed E-state index contributed by atoms with van der Waals surface area (Å²) in [6.07, 6.45) is 6.76. The van der Waals surface area contributed by atoms with Crippen molar-refractivity contribution in [2.75, 3.05) is 13.1 Å². The Labute approximate surface area is 121 Å². The highest BCUT2D eigenvalue weighted by Crippen LogP contribution is 2.17. The van der Waals surface area contributed by atoms with Crippen LogP contribution in [-0.4, -0.2) is 47.9 Å². The Morgan fingerprint density at radius 1 is 1.00 bits per heavy atom. The molecule has 0 aromatic heterocycles. The third-order valence-corrected chi connectivity index (χ3v) is 4.38. The lowest BCUT2D eigenvalue weighted by molar-refractivity contribution is -0.132. The van der Waals surface area contributed by atoms with E-state index in [2.05, 4.69) is 10.6 Å². The molecular formula is C15H27N3O2. The first-order chi connectivity index (χ1) is 9.58. The molecule has 2 N–H and O–H groups in total. The van der Waals surface area contributed by atoms with Crippen molar-refractivity contribution >= 4 is 11.8 Å². The van der Waals surface area contributed by atoms with E-state index in [1.165, 1.54) is 12.8 Å². The van der Waals surface area contributed by atoms with Gasteiger partial charge in [-0.2, -0.15) is 0 Å². The van der Waals surface area contributed by atoms with E-state index in [1.54, 1.807) is 0 Å². The highest BCUT2D eigenvalue weighted by Gasteiger charge is 2.26. The molecule has 2 unspecified atom stereocenters. The smallest absolute Gasteiger partial charge is 0.239 e. The third-order valence-electron chi connectivity index (χ3n) is 4.38. The van der Waals surface area contributed by atoms with Gasteiger partial charge in [0.25, 0.3) is 0 Å². The molecule has 2 aliphatic rings. The number of hydrogen-bond acceptors (Lipinski definition) is 3. The lowest BCUT2D eigenvalue weighted by Gasteiger charge is -2.24. The molecule has 1 saturated carbocycles. The van der Waals surface area contributed by atoms with Crippen molar-refractivity contribution in [3.8, 4) is 0 Å². The summed E-state index contributed by atoms with van der Waals surface area (Å²) in [6, 6.07) is -0.286. The summed E-state index contributed by atoms with van der Waals surface area (Å²) in [7, 11) is 0. The second-order valence-electron chi connectivity index (χ2n) is 6.13. The fourth-order valence-electron chi connectivity index (χ4n) is 3.13. The standard InChI is InChI=1S/C15H27N3O2/c1-11(14(19)17-13-7-3-4-8-13)16-12(2)15(20)18-9-5-6-10-18/h11-13,16H,3-10H2,1-2H3,(H,17,19). The highest BCUT2D eigenvalue weighted by molar-refractivity contribution is 5.85. The zero-order valence-electron chi connectivity index (χ0n) is 12.7. The van der Waals surface area contributed by atoms with Crippen molar-refractivity contribution in [2.45, 2.75) is 70.5 Å². The summed E-state index contributed by atoms with van der Waals surface area (Å²) in [5, 5.41) is 6.19. The predicted octanol–water partition coefficient (Wildman–Crippen LogP) is 1.03. The van der Waals surface area contributed by atoms with E-state index in [1.807, 2.05) is 18.7 Å². The van der Waals surface area contributed by atoms with E-state index in [0.29, 0.717) is 6.04 Å². The van der Waals surface area contributed by atoms with Gasteiger partial charge in [0.2, 0.25) is 11.8 Å². The molecule has 1 saturated heterocycles. The highest BCUT2D eigenvalue weighted by atomic mass is 16.2. The van der Waals surface area contributed by atoms with Crippen molar-refractivity contribution in [3.05, 3.63) is 0 Å². The van der Waals surface area contributed by atoms with Gasteiger partial charge >= 0.3 is 0 Å². The van der Waals surface area contributed by atoms with Gasteiger partial charge in [-0.3, -0.25) is 14.9 Å². The lowest BCUT2D eigenvalue weighted by Crippen LogP contribution is -2.52. The number of carbonyl (C=O) groups is 2. The number of nitrogens with one attached hydrogen (secondary N) is 2. The molecular weight excluding hydrogens is 254 g/mol. The van der Waals surface area contributed by atoms with Crippen molar-refractivity contribution in [1.29, 1.82) is 0 Å². The molecule has 2 atom stereocenters. The number of rotatable bonds is 5. The second-order valence-corrected chi connectivity index (χ2v) is 6.13. The van der Waals surface area contributed by atoms with Gasteiger partial charge in [0.15, 0.2) is 0 Å². The van der Waals surface area contributed by atoms with Crippen LogP contribution in [0.5, 0.6) is 0 Å². The number of nitrogens with zero attached hydrogens (tertiary/aromatic N) is 1. The normalized spacial score (nSPS) is 22.8. The molecule has 0 spiro atoms. The monoisotopic (exact) mass is 281 g/mol. The quantitative estimate of drug-likeness (QED) is 0.791. The summed E-state index contributed by atoms with van der Waals surface area (Å²) in [5.41, 5.74) is 0. The Hall–Kier alpha value is -1.10. The van der Waals surface area contributed by atoms with Crippen LogP contribution in [0.3, 0.4) is 0 Å². The average molecular weight is 281 g/mol. The zero-order valence-corrected chi connectivity index (χ0v) is 12.7. The summed E-state index contributed by atoms with van der Waals surface area (Å²) < 4.78 is 0. The molecule has 2 fully saturated rings. The first-order valence-electron chi connectivity index (χ1n) is 7.93. The molecule has 1 aliphatic carbocycles. The van der Waals surface area contributed by atoms with Gasteiger partial charge in [-0.1, -0.05) is 12.8 Å². The van der Waals surface area contributed by atoms with E-state index in [0.717, 1.165) is 38.8 Å². The maximum Gasteiger partial charge on any atom is 0.239 e. The minimum absolute atomic E-state index is 0.0120. The Morgan fingerprint density at radius 3 is 2.20 bits per heavy atom. The van der Waals surface area contributed by atoms with E-state index in [9.17, 15) is 9.59 Å². The molecule has 2 amide bonds. The van der Waals surface area contributed by atoms with Crippen LogP contribution >= 0.6 is 0 Å². The Morgan fingerprint density at radius 2 is 1.60 bits per heavy atom. The zero-order chi connectivity index (χ0) is 14.5. The van der Waals surface area contributed by atoms with E-state index >= 15 is 0 Å². The minimum Gasteiger partial charge on any atom is -0.352 e. The Balaban J connectivity index is 1.75. The molecule has 0 aromatic rings. The molecule has 0 aromatic carbocycles. The second kappa shape index (κ2) is 7.07. The van der Waals surface area contributed by atoms with Crippen molar-refractivity contribution in [3.63, 3.8) is 0 Å². The van der Waals surface area contributed by atoms with Crippen LogP contribution in [0.15, 0.2) is 0 Å². The first kappa shape index (κ1) is 15.3. The molecule has 5 nitrogen and oxygen atoms in total. The summed E-state index contributed by atoms with van der Waals surface area (Å²) >= 11 is 0. The van der Waals surface area contributed by atoms with Crippen LogP contribution < -0.4 is 10.6 Å². The largest absolute Gasteiger partial charge is 0.352 e. The first-order valence-corrected chi connectivity index (χ1v) is 7.93. The van der Waals surface area contributed by atoms with Gasteiger partial charge < -0.3 is 10.2 Å². The van der Waals surface area contributed by atoms with Gasteiger partial charge in [-0.15, -0.1) is 0 Å². The summed E-state index contributed by atoms with van der Waals surface area (Å²) in [5.74, 6) is 0.126. The Bertz CT molecular complexity index is 347. The molecule has 0 radical (unpaired) electrons. The maximum absolute atomic E-state index is 12.2. The number of amides is 2. The van der Waals surface area contributed by atoms with Gasteiger partial charge in [-0.25, -0.2) is 0 Å². The van der Waals surface area contributed by atoms with Crippen LogP contribution in [0.4, 0.5) is 0 Å². The molecule has 114 valence electrons. The Kier molecular flexibility index (Phi) is 5.40. The van der Waals surface area contributed by atoms with Crippen LogP contribution in [0.2, 0.25) is 0 Å². The number of likely N-dealkylation sites (tertiary alicyclic amines) is 1. The third kappa shape index (κ3) is 3.95. The average Bonchev–Trinajstić information content (AvgIpc) is 3.10. The molecule has 1 aliphatic heterocycles. The molecule has 20 heavy (non-hydrogen) atoms. The number of carbonyl (C=O) groups excluding carboxylic acids is 2. The molecule has 2 rings (SSSR count). The topological polar surface area (TPSA) is 61.4 Å². The SMILES string of the molecule is CC(NC(C)C(=O)N1CCCC1)C(=O)NC1CCCC1. The van der Waals surface area contributed by atoms with Crippen molar-refractivity contribution in [1.82, 2.24) is 15.5 Å². The van der Waals surface area contributed by atoms with Gasteiger partial charge in [0.1, 0.15) is 0 Å². The summed E-state index contributed by atoms with van der Waals surface area (Å²) in [6.45, 7) is 5.39. The molecule has 5 heteroatoms. The fourth-order valence-corrected chi connectivity index (χ4v) is 3.13. The van der Waals surface area contributed by atoms with Gasteiger partial charge in [0.05, 0.1) is 12.1 Å². The van der Waals surface area contributed by atoms with Crippen LogP contribution in [-0.2, 0) is 9.59 Å². The van der Waals surface area contributed by atoms with Crippen molar-refractivity contribution in [2.24, 2.45) is 0 Å². The fraction of sp³-hybridized carbons (Fsp3) is 0.867. The van der Waals surface area contributed by atoms with Crippen LogP contribution in [0, 0.1) is 0 Å². The van der Waals surface area contributed by atoms with Crippen molar-refractivity contribution < 1.29 is 9.59 Å². The van der Waals surface area contributed by atoms with E-state index in [4.69, 9.17) is 0 Å². The predicted molar refractivity (Wildman–Crippen MR) is 78.3 cm³/mol. The van der Waals surface area contributed by atoms with Gasteiger partial charge in [-0.05, 0) is 39.5 Å².